The van der Waals surface area contributed by atoms with Crippen molar-refractivity contribution in [2.24, 2.45) is 5.10 Å². The van der Waals surface area contributed by atoms with Crippen molar-refractivity contribution in [2.45, 2.75) is 51.8 Å². The molecule has 0 saturated carbocycles. The van der Waals surface area contributed by atoms with Crippen molar-refractivity contribution < 1.29 is 14.2 Å². The summed E-state index contributed by atoms with van der Waals surface area (Å²) in [5.41, 5.74) is 5.15. The molecular formula is C29H30Cl2N2O3. The maximum atomic E-state index is 6.62. The van der Waals surface area contributed by atoms with Crippen LogP contribution < -0.4 is 14.2 Å². The van der Waals surface area contributed by atoms with Crippen LogP contribution in [0.1, 0.15) is 67.1 Å². The molecular weight excluding hydrogens is 495 g/mol. The van der Waals surface area contributed by atoms with Crippen molar-refractivity contribution >= 4 is 28.9 Å². The van der Waals surface area contributed by atoms with E-state index in [2.05, 4.69) is 38.1 Å². The van der Waals surface area contributed by atoms with Gasteiger partial charge in [0.05, 0.1) is 30.5 Å². The van der Waals surface area contributed by atoms with Crippen molar-refractivity contribution in [3.63, 3.8) is 0 Å². The number of halogens is 2. The number of aryl methyl sites for hydroxylation is 1. The molecule has 2 atom stereocenters. The first-order valence-electron chi connectivity index (χ1n) is 12.4. The number of hydrogen-bond donors (Lipinski definition) is 0. The fourth-order valence-corrected chi connectivity index (χ4v) is 5.30. The molecule has 188 valence electrons. The molecule has 2 heterocycles. The van der Waals surface area contributed by atoms with Gasteiger partial charge in [-0.05, 0) is 49.2 Å². The third kappa shape index (κ3) is 4.87. The zero-order chi connectivity index (χ0) is 25.2. The molecule has 0 amide bonds. The van der Waals surface area contributed by atoms with Crippen LogP contribution in [0.5, 0.6) is 17.2 Å². The lowest BCUT2D eigenvalue weighted by Crippen LogP contribution is -2.33. The van der Waals surface area contributed by atoms with Gasteiger partial charge < -0.3 is 14.2 Å². The van der Waals surface area contributed by atoms with Crippen LogP contribution in [0.3, 0.4) is 0 Å². The number of hydrogen-bond acceptors (Lipinski definition) is 5. The lowest BCUT2D eigenvalue weighted by Gasteiger charge is -2.38. The third-order valence-corrected chi connectivity index (χ3v) is 7.17. The van der Waals surface area contributed by atoms with Gasteiger partial charge in [0.2, 0.25) is 6.23 Å². The van der Waals surface area contributed by atoms with Crippen molar-refractivity contribution in [2.75, 3.05) is 13.7 Å². The predicted octanol–water partition coefficient (Wildman–Crippen LogP) is 8.12. The number of unbranched alkanes of at least 4 members (excludes halogenated alkanes) is 2. The van der Waals surface area contributed by atoms with Crippen LogP contribution in [0, 0.1) is 6.92 Å². The van der Waals surface area contributed by atoms with E-state index in [0.717, 1.165) is 53.8 Å². The largest absolute Gasteiger partial charge is 0.493 e. The van der Waals surface area contributed by atoms with Gasteiger partial charge in [0.15, 0.2) is 11.5 Å². The molecule has 2 aliphatic rings. The minimum atomic E-state index is -0.479. The molecule has 3 aromatic carbocycles. The predicted molar refractivity (Wildman–Crippen MR) is 145 cm³/mol. The Morgan fingerprint density at radius 3 is 2.58 bits per heavy atom. The van der Waals surface area contributed by atoms with E-state index in [1.54, 1.807) is 13.2 Å². The molecule has 0 radical (unpaired) electrons. The first-order valence-corrected chi connectivity index (χ1v) is 13.1. The lowest BCUT2D eigenvalue weighted by atomic mass is 9.95. The van der Waals surface area contributed by atoms with E-state index < -0.39 is 6.23 Å². The van der Waals surface area contributed by atoms with Crippen LogP contribution in [0.4, 0.5) is 0 Å². The summed E-state index contributed by atoms with van der Waals surface area (Å²) in [5.74, 6) is 2.03. The minimum absolute atomic E-state index is 0.0535. The zero-order valence-corrected chi connectivity index (χ0v) is 22.3. The fraction of sp³-hybridized carbons (Fsp3) is 0.345. The summed E-state index contributed by atoms with van der Waals surface area (Å²) >= 11 is 13.0. The number of rotatable bonds is 8. The smallest absolute Gasteiger partial charge is 0.214 e. The van der Waals surface area contributed by atoms with Gasteiger partial charge in [-0.2, -0.15) is 5.10 Å². The van der Waals surface area contributed by atoms with Crippen molar-refractivity contribution in [1.29, 1.82) is 0 Å². The van der Waals surface area contributed by atoms with E-state index in [4.69, 9.17) is 42.5 Å². The number of nitrogens with zero attached hydrogens (tertiary/aromatic N) is 2. The van der Waals surface area contributed by atoms with E-state index in [1.165, 1.54) is 5.56 Å². The maximum Gasteiger partial charge on any atom is 0.214 e. The molecule has 0 N–H and O–H groups in total. The van der Waals surface area contributed by atoms with Crippen LogP contribution in [-0.2, 0) is 0 Å². The Labute approximate surface area is 222 Å². The van der Waals surface area contributed by atoms with Crippen molar-refractivity contribution in [1.82, 2.24) is 5.01 Å². The SMILES string of the molecule is CCCCCOc1ccc(C2Oc3c(Cl)cc(Cl)cc3C3CC(c4ccc(C)cc4)=NN32)cc1OC. The second-order valence-corrected chi connectivity index (χ2v) is 10.1. The Kier molecular flexibility index (Phi) is 7.31. The molecule has 3 aromatic rings. The van der Waals surface area contributed by atoms with E-state index in [0.29, 0.717) is 28.2 Å². The standard InChI is InChI=1S/C29H30Cl2N2O3/c1-4-5-6-13-35-26-12-11-20(14-27(26)34-3)29-33-25(22-15-21(30)16-23(31)28(22)36-29)17-24(32-33)19-9-7-18(2)8-10-19/h7-12,14-16,25,29H,4-6,13,17H2,1-3H3. The Morgan fingerprint density at radius 1 is 1.03 bits per heavy atom. The highest BCUT2D eigenvalue weighted by Crippen LogP contribution is 2.51. The van der Waals surface area contributed by atoms with Gasteiger partial charge in [-0.15, -0.1) is 0 Å². The number of fused-ring (bicyclic) bond motifs is 3. The topological polar surface area (TPSA) is 43.3 Å². The second-order valence-electron chi connectivity index (χ2n) is 9.25. The highest BCUT2D eigenvalue weighted by molar-refractivity contribution is 6.35. The highest BCUT2D eigenvalue weighted by Gasteiger charge is 2.42. The van der Waals surface area contributed by atoms with Gasteiger partial charge in [0, 0.05) is 22.6 Å². The van der Waals surface area contributed by atoms with Gasteiger partial charge in [-0.1, -0.05) is 72.8 Å². The van der Waals surface area contributed by atoms with Gasteiger partial charge in [0.25, 0.3) is 0 Å². The van der Waals surface area contributed by atoms with Crippen LogP contribution >= 0.6 is 23.2 Å². The van der Waals surface area contributed by atoms with E-state index in [9.17, 15) is 0 Å². The summed E-state index contributed by atoms with van der Waals surface area (Å²) in [7, 11) is 1.65. The lowest BCUT2D eigenvalue weighted by molar-refractivity contribution is -0.0190. The monoisotopic (exact) mass is 524 g/mol. The van der Waals surface area contributed by atoms with Gasteiger partial charge in [-0.3, -0.25) is 0 Å². The Bertz CT molecular complexity index is 1280. The molecule has 0 bridgehead atoms. The van der Waals surface area contributed by atoms with Gasteiger partial charge in [0.1, 0.15) is 5.75 Å². The number of ether oxygens (including phenoxy) is 3. The molecule has 0 spiro atoms. The summed E-state index contributed by atoms with van der Waals surface area (Å²) in [5, 5.41) is 8.13. The van der Waals surface area contributed by atoms with Crippen LogP contribution in [0.25, 0.3) is 0 Å². The molecule has 0 fully saturated rings. The molecule has 2 aliphatic heterocycles. The highest BCUT2D eigenvalue weighted by atomic mass is 35.5. The molecule has 0 saturated heterocycles. The van der Waals surface area contributed by atoms with E-state index >= 15 is 0 Å². The van der Waals surface area contributed by atoms with Gasteiger partial charge in [-0.25, -0.2) is 5.01 Å². The van der Waals surface area contributed by atoms with E-state index in [1.807, 2.05) is 29.3 Å². The van der Waals surface area contributed by atoms with Crippen molar-refractivity contribution in [3.05, 3.63) is 86.9 Å². The second kappa shape index (κ2) is 10.6. The summed E-state index contributed by atoms with van der Waals surface area (Å²) in [4.78, 5) is 0. The molecule has 0 aromatic heterocycles. The fourth-order valence-electron chi connectivity index (χ4n) is 4.75. The number of methoxy groups -OCH3 is 1. The summed E-state index contributed by atoms with van der Waals surface area (Å²) < 4.78 is 18.2. The Hall–Kier alpha value is -2.89. The first-order chi connectivity index (χ1) is 17.5. The summed E-state index contributed by atoms with van der Waals surface area (Å²) in [6.07, 6.45) is 3.54. The van der Waals surface area contributed by atoms with Crippen LogP contribution in [-0.4, -0.2) is 24.4 Å². The quantitative estimate of drug-likeness (QED) is 0.279. The maximum absolute atomic E-state index is 6.62. The zero-order valence-electron chi connectivity index (χ0n) is 20.8. The van der Waals surface area contributed by atoms with Crippen molar-refractivity contribution in [3.8, 4) is 17.2 Å². The Morgan fingerprint density at radius 2 is 1.83 bits per heavy atom. The van der Waals surface area contributed by atoms with Crippen LogP contribution in [0.2, 0.25) is 10.0 Å². The minimum Gasteiger partial charge on any atom is -0.493 e. The molecule has 5 rings (SSSR count). The van der Waals surface area contributed by atoms with Gasteiger partial charge >= 0.3 is 0 Å². The molecule has 0 aliphatic carbocycles. The third-order valence-electron chi connectivity index (χ3n) is 6.67. The Balaban J connectivity index is 1.52. The molecule has 2 unspecified atom stereocenters. The summed E-state index contributed by atoms with van der Waals surface area (Å²) in [6.45, 7) is 4.92. The average Bonchev–Trinajstić information content (AvgIpc) is 3.33. The van der Waals surface area contributed by atoms with E-state index in [-0.39, 0.29) is 6.04 Å². The average molecular weight is 525 g/mol. The molecule has 7 heteroatoms. The number of benzene rings is 3. The number of hydrazone groups is 1. The molecule has 36 heavy (non-hydrogen) atoms. The normalized spacial score (nSPS) is 18.2. The molecule has 5 nitrogen and oxygen atoms in total. The first kappa shape index (κ1) is 24.8. The summed E-state index contributed by atoms with van der Waals surface area (Å²) in [6, 6.07) is 17.9. The van der Waals surface area contributed by atoms with Crippen LogP contribution in [0.15, 0.2) is 59.7 Å².